The lowest BCUT2D eigenvalue weighted by Crippen LogP contribution is -2.20. The molecule has 3 rings (SSSR count). The zero-order chi connectivity index (χ0) is 17.6. The molecule has 25 heavy (non-hydrogen) atoms. The summed E-state index contributed by atoms with van der Waals surface area (Å²) in [5, 5.41) is 5.63. The van der Waals surface area contributed by atoms with E-state index in [4.69, 9.17) is 4.74 Å². The third kappa shape index (κ3) is 4.51. The average molecular weight is 352 g/mol. The van der Waals surface area contributed by atoms with Crippen LogP contribution >= 0.6 is 11.3 Å². The maximum atomic E-state index is 12.0. The predicted octanol–water partition coefficient (Wildman–Crippen LogP) is 4.03. The van der Waals surface area contributed by atoms with Crippen LogP contribution in [0.2, 0.25) is 0 Å². The minimum atomic E-state index is -0.268. The maximum Gasteiger partial charge on any atom is 0.262 e. The number of ketones is 1. The number of carbonyl (C=O) groups excluding carboxylic acids is 2. The number of nitrogens with zero attached hydrogens (tertiary/aromatic N) is 1. The van der Waals surface area contributed by atoms with Gasteiger partial charge in [-0.25, -0.2) is 4.98 Å². The fraction of sp³-hybridized carbons (Fsp3) is 0.105. The van der Waals surface area contributed by atoms with Crippen LogP contribution in [0.5, 0.6) is 5.75 Å². The van der Waals surface area contributed by atoms with E-state index in [2.05, 4.69) is 10.3 Å². The van der Waals surface area contributed by atoms with Crippen LogP contribution in [0.1, 0.15) is 17.3 Å². The molecule has 1 aromatic heterocycles. The van der Waals surface area contributed by atoms with E-state index in [1.807, 2.05) is 29.6 Å². The second-order valence-electron chi connectivity index (χ2n) is 5.34. The fourth-order valence-electron chi connectivity index (χ4n) is 2.21. The van der Waals surface area contributed by atoms with Crippen molar-refractivity contribution in [2.45, 2.75) is 6.92 Å². The van der Waals surface area contributed by atoms with Gasteiger partial charge in [0.05, 0.1) is 0 Å². The van der Waals surface area contributed by atoms with Gasteiger partial charge in [-0.2, -0.15) is 0 Å². The summed E-state index contributed by atoms with van der Waals surface area (Å²) >= 11 is 1.56. The van der Waals surface area contributed by atoms with E-state index in [-0.39, 0.29) is 18.3 Å². The molecule has 0 fully saturated rings. The Labute approximate surface area is 149 Å². The van der Waals surface area contributed by atoms with Crippen LogP contribution in [-0.4, -0.2) is 23.3 Å². The third-order valence-corrected chi connectivity index (χ3v) is 4.28. The minimum Gasteiger partial charge on any atom is -0.484 e. The van der Waals surface area contributed by atoms with Crippen molar-refractivity contribution in [3.8, 4) is 16.3 Å². The number of Topliss-reactive ketones (excluding diaryl/α,β-unsaturated/α-hetero) is 1. The number of amides is 1. The van der Waals surface area contributed by atoms with Gasteiger partial charge in [0, 0.05) is 28.4 Å². The lowest BCUT2D eigenvalue weighted by atomic mass is 10.1. The van der Waals surface area contributed by atoms with Gasteiger partial charge in [0.25, 0.3) is 5.91 Å². The van der Waals surface area contributed by atoms with Crippen molar-refractivity contribution in [3.05, 3.63) is 65.7 Å². The molecule has 0 radical (unpaired) electrons. The van der Waals surface area contributed by atoms with Crippen LogP contribution < -0.4 is 10.1 Å². The number of aromatic nitrogens is 1. The van der Waals surface area contributed by atoms with E-state index >= 15 is 0 Å². The lowest BCUT2D eigenvalue weighted by Gasteiger charge is -2.08. The molecule has 0 unspecified atom stereocenters. The van der Waals surface area contributed by atoms with Crippen LogP contribution in [0.25, 0.3) is 10.6 Å². The van der Waals surface area contributed by atoms with Gasteiger partial charge >= 0.3 is 0 Å². The first-order valence-electron chi connectivity index (χ1n) is 7.65. The summed E-state index contributed by atoms with van der Waals surface area (Å²) in [6.07, 6.45) is 1.76. The number of hydrogen-bond donors (Lipinski definition) is 1. The summed E-state index contributed by atoms with van der Waals surface area (Å²) in [5.41, 5.74) is 2.24. The zero-order valence-electron chi connectivity index (χ0n) is 13.6. The molecular weight excluding hydrogens is 336 g/mol. The number of benzene rings is 2. The monoisotopic (exact) mass is 352 g/mol. The highest BCUT2D eigenvalue weighted by molar-refractivity contribution is 7.13. The topological polar surface area (TPSA) is 68.3 Å². The molecule has 3 aromatic rings. The first-order chi connectivity index (χ1) is 12.1. The molecule has 126 valence electrons. The number of carbonyl (C=O) groups is 2. The molecule has 6 heteroatoms. The second-order valence-corrected chi connectivity index (χ2v) is 6.23. The smallest absolute Gasteiger partial charge is 0.262 e. The van der Waals surface area contributed by atoms with Gasteiger partial charge in [-0.05, 0) is 43.3 Å². The fourth-order valence-corrected chi connectivity index (χ4v) is 2.86. The summed E-state index contributed by atoms with van der Waals surface area (Å²) in [6, 6.07) is 14.2. The average Bonchev–Trinajstić information content (AvgIpc) is 3.15. The standard InChI is InChI=1S/C19H16N2O3S/c1-13(22)15-3-2-4-17(11-15)24-12-18(23)21-16-7-5-14(6-8-16)19-20-9-10-25-19/h2-11H,12H2,1H3,(H,21,23). The van der Waals surface area contributed by atoms with E-state index in [0.717, 1.165) is 10.6 Å². The van der Waals surface area contributed by atoms with Gasteiger partial charge in [0.15, 0.2) is 12.4 Å². The van der Waals surface area contributed by atoms with Crippen LogP contribution in [0.4, 0.5) is 5.69 Å². The summed E-state index contributed by atoms with van der Waals surface area (Å²) in [5.74, 6) is 0.174. The van der Waals surface area contributed by atoms with Gasteiger partial charge in [-0.1, -0.05) is 12.1 Å². The highest BCUT2D eigenvalue weighted by Gasteiger charge is 2.06. The Bertz CT molecular complexity index is 874. The largest absolute Gasteiger partial charge is 0.484 e. The van der Waals surface area contributed by atoms with Crippen molar-refractivity contribution in [3.63, 3.8) is 0 Å². The molecule has 1 N–H and O–H groups in total. The molecule has 5 nitrogen and oxygen atoms in total. The van der Waals surface area contributed by atoms with Crippen molar-refractivity contribution >= 4 is 28.7 Å². The van der Waals surface area contributed by atoms with E-state index in [1.54, 1.807) is 41.8 Å². The summed E-state index contributed by atoms with van der Waals surface area (Å²) < 4.78 is 5.44. The maximum absolute atomic E-state index is 12.0. The summed E-state index contributed by atoms with van der Waals surface area (Å²) in [7, 11) is 0. The number of ether oxygens (including phenoxy) is 1. The van der Waals surface area contributed by atoms with Gasteiger partial charge in [-0.15, -0.1) is 11.3 Å². The van der Waals surface area contributed by atoms with Crippen molar-refractivity contribution in [1.82, 2.24) is 4.98 Å². The molecule has 1 amide bonds. The molecule has 0 aliphatic heterocycles. The van der Waals surface area contributed by atoms with Crippen LogP contribution in [0, 0.1) is 0 Å². The van der Waals surface area contributed by atoms with Gasteiger partial charge in [-0.3, -0.25) is 9.59 Å². The molecular formula is C19H16N2O3S. The van der Waals surface area contributed by atoms with Crippen molar-refractivity contribution in [2.75, 3.05) is 11.9 Å². The highest BCUT2D eigenvalue weighted by atomic mass is 32.1. The number of thiazole rings is 1. The molecule has 1 heterocycles. The molecule has 0 spiro atoms. The quantitative estimate of drug-likeness (QED) is 0.680. The Morgan fingerprint density at radius 3 is 2.64 bits per heavy atom. The second kappa shape index (κ2) is 7.72. The zero-order valence-corrected chi connectivity index (χ0v) is 14.4. The van der Waals surface area contributed by atoms with Crippen LogP contribution in [0.3, 0.4) is 0 Å². The molecule has 0 saturated carbocycles. The number of nitrogens with one attached hydrogen (secondary N) is 1. The third-order valence-electron chi connectivity index (χ3n) is 3.46. The number of anilines is 1. The van der Waals surface area contributed by atoms with E-state index in [9.17, 15) is 9.59 Å². The Morgan fingerprint density at radius 1 is 1.16 bits per heavy atom. The SMILES string of the molecule is CC(=O)c1cccc(OCC(=O)Nc2ccc(-c3nccs3)cc2)c1. The molecule has 0 aliphatic rings. The van der Waals surface area contributed by atoms with Crippen molar-refractivity contribution < 1.29 is 14.3 Å². The predicted molar refractivity (Wildman–Crippen MR) is 98.1 cm³/mol. The minimum absolute atomic E-state index is 0.0461. The highest BCUT2D eigenvalue weighted by Crippen LogP contribution is 2.23. The van der Waals surface area contributed by atoms with Gasteiger partial charge < -0.3 is 10.1 Å². The van der Waals surface area contributed by atoms with Crippen molar-refractivity contribution in [2.24, 2.45) is 0 Å². The molecule has 0 atom stereocenters. The molecule has 0 bridgehead atoms. The van der Waals surface area contributed by atoms with Crippen LogP contribution in [0.15, 0.2) is 60.1 Å². The van der Waals surface area contributed by atoms with Gasteiger partial charge in [0.1, 0.15) is 10.8 Å². The summed E-state index contributed by atoms with van der Waals surface area (Å²) in [4.78, 5) is 27.6. The molecule has 0 aliphatic carbocycles. The Kier molecular flexibility index (Phi) is 5.20. The van der Waals surface area contributed by atoms with E-state index < -0.39 is 0 Å². The van der Waals surface area contributed by atoms with E-state index in [0.29, 0.717) is 17.0 Å². The first kappa shape index (κ1) is 16.9. The van der Waals surface area contributed by atoms with Crippen molar-refractivity contribution in [1.29, 1.82) is 0 Å². The Hall–Kier alpha value is -2.99. The number of rotatable bonds is 6. The Balaban J connectivity index is 1.56. The normalized spacial score (nSPS) is 10.3. The Morgan fingerprint density at radius 2 is 1.96 bits per heavy atom. The number of hydrogen-bond acceptors (Lipinski definition) is 5. The van der Waals surface area contributed by atoms with Gasteiger partial charge in [0.2, 0.25) is 0 Å². The first-order valence-corrected chi connectivity index (χ1v) is 8.53. The summed E-state index contributed by atoms with van der Waals surface area (Å²) in [6.45, 7) is 1.36. The van der Waals surface area contributed by atoms with E-state index in [1.165, 1.54) is 6.92 Å². The molecule has 2 aromatic carbocycles. The lowest BCUT2D eigenvalue weighted by molar-refractivity contribution is -0.118. The van der Waals surface area contributed by atoms with Crippen LogP contribution in [-0.2, 0) is 4.79 Å². The molecule has 0 saturated heterocycles.